The number of nitrogens with two attached hydrogens (primary N) is 1. The third-order valence-electron chi connectivity index (χ3n) is 3.10. The summed E-state index contributed by atoms with van der Waals surface area (Å²) in [6.45, 7) is 2.08. The van der Waals surface area contributed by atoms with E-state index in [1.807, 2.05) is 30.3 Å². The van der Waals surface area contributed by atoms with Crippen molar-refractivity contribution in [2.45, 2.75) is 32.2 Å². The molecule has 0 spiro atoms. The van der Waals surface area contributed by atoms with E-state index in [-0.39, 0.29) is 5.91 Å². The van der Waals surface area contributed by atoms with Gasteiger partial charge in [0, 0.05) is 11.6 Å². The predicted molar refractivity (Wildman–Crippen MR) is 77.9 cm³/mol. The lowest BCUT2D eigenvalue weighted by atomic mass is 10.1. The summed E-state index contributed by atoms with van der Waals surface area (Å²) in [5.74, 6) is -0.147. The minimum atomic E-state index is -0.459. The van der Waals surface area contributed by atoms with Gasteiger partial charge >= 0.3 is 0 Å². The van der Waals surface area contributed by atoms with Crippen molar-refractivity contribution in [3.63, 3.8) is 0 Å². The lowest BCUT2D eigenvalue weighted by Gasteiger charge is -2.12. The number of amides is 1. The number of carbonyl (C=O) groups excluding carboxylic acids is 1. The minimum absolute atomic E-state index is 0.147. The van der Waals surface area contributed by atoms with Crippen molar-refractivity contribution in [3.05, 3.63) is 36.5 Å². The summed E-state index contributed by atoms with van der Waals surface area (Å²) in [4.78, 5) is 16.3. The topological polar surface area (TPSA) is 68.0 Å². The van der Waals surface area contributed by atoms with Crippen LogP contribution in [-0.2, 0) is 4.79 Å². The molecule has 0 saturated heterocycles. The zero-order valence-corrected chi connectivity index (χ0v) is 11.1. The average molecular weight is 257 g/mol. The van der Waals surface area contributed by atoms with Gasteiger partial charge in [-0.2, -0.15) is 0 Å². The SMILES string of the molecule is CCCC[C@H](N)C(=O)Nc1cccc2cccnc12. The Bertz CT molecular complexity index is 563. The second-order valence-electron chi connectivity index (χ2n) is 4.62. The van der Waals surface area contributed by atoms with E-state index in [4.69, 9.17) is 5.73 Å². The van der Waals surface area contributed by atoms with Gasteiger partial charge in [0.25, 0.3) is 0 Å². The monoisotopic (exact) mass is 257 g/mol. The van der Waals surface area contributed by atoms with Crippen LogP contribution >= 0.6 is 0 Å². The van der Waals surface area contributed by atoms with Gasteiger partial charge in [0.05, 0.1) is 17.2 Å². The Morgan fingerprint density at radius 2 is 2.16 bits per heavy atom. The Hall–Kier alpha value is -1.94. The molecule has 1 heterocycles. The molecule has 0 radical (unpaired) electrons. The van der Waals surface area contributed by atoms with E-state index >= 15 is 0 Å². The molecule has 2 aromatic rings. The van der Waals surface area contributed by atoms with E-state index in [0.717, 1.165) is 29.4 Å². The van der Waals surface area contributed by atoms with Crippen LogP contribution in [0.4, 0.5) is 5.69 Å². The molecule has 0 unspecified atom stereocenters. The van der Waals surface area contributed by atoms with Gasteiger partial charge in [-0.15, -0.1) is 0 Å². The van der Waals surface area contributed by atoms with Gasteiger partial charge in [-0.1, -0.05) is 38.0 Å². The normalized spacial score (nSPS) is 12.3. The second kappa shape index (κ2) is 6.29. The number of pyridine rings is 1. The van der Waals surface area contributed by atoms with Crippen LogP contribution in [0.3, 0.4) is 0 Å². The molecule has 0 bridgehead atoms. The number of hydrogen-bond donors (Lipinski definition) is 2. The van der Waals surface area contributed by atoms with Crippen LogP contribution in [0.15, 0.2) is 36.5 Å². The lowest BCUT2D eigenvalue weighted by Crippen LogP contribution is -2.35. The molecule has 0 aliphatic heterocycles. The second-order valence-corrected chi connectivity index (χ2v) is 4.62. The number of benzene rings is 1. The van der Waals surface area contributed by atoms with Crippen molar-refractivity contribution in [2.75, 3.05) is 5.32 Å². The molecule has 1 aromatic carbocycles. The number of nitrogens with one attached hydrogen (secondary N) is 1. The lowest BCUT2D eigenvalue weighted by molar-refractivity contribution is -0.117. The molecule has 1 aromatic heterocycles. The van der Waals surface area contributed by atoms with Crippen molar-refractivity contribution in [1.82, 2.24) is 4.98 Å². The fourth-order valence-corrected chi connectivity index (χ4v) is 1.99. The Balaban J connectivity index is 2.15. The number of para-hydroxylation sites is 1. The van der Waals surface area contributed by atoms with E-state index in [1.165, 1.54) is 0 Å². The molecular weight excluding hydrogens is 238 g/mol. The minimum Gasteiger partial charge on any atom is -0.323 e. The Labute approximate surface area is 113 Å². The van der Waals surface area contributed by atoms with Crippen molar-refractivity contribution in [3.8, 4) is 0 Å². The number of hydrogen-bond acceptors (Lipinski definition) is 3. The van der Waals surface area contributed by atoms with E-state index in [2.05, 4.69) is 17.2 Å². The first-order valence-electron chi connectivity index (χ1n) is 6.62. The molecule has 19 heavy (non-hydrogen) atoms. The number of unbranched alkanes of at least 4 members (excludes halogenated alkanes) is 1. The fourth-order valence-electron chi connectivity index (χ4n) is 1.99. The zero-order chi connectivity index (χ0) is 13.7. The van der Waals surface area contributed by atoms with Crippen LogP contribution in [0.25, 0.3) is 10.9 Å². The highest BCUT2D eigenvalue weighted by Crippen LogP contribution is 2.20. The molecule has 0 aliphatic rings. The molecule has 0 saturated carbocycles. The van der Waals surface area contributed by atoms with Crippen LogP contribution < -0.4 is 11.1 Å². The number of rotatable bonds is 5. The Kier molecular flexibility index (Phi) is 4.47. The van der Waals surface area contributed by atoms with Crippen molar-refractivity contribution < 1.29 is 4.79 Å². The van der Waals surface area contributed by atoms with E-state index in [0.29, 0.717) is 6.42 Å². The molecule has 100 valence electrons. The van der Waals surface area contributed by atoms with Crippen LogP contribution in [-0.4, -0.2) is 16.9 Å². The summed E-state index contributed by atoms with van der Waals surface area (Å²) < 4.78 is 0. The highest BCUT2D eigenvalue weighted by atomic mass is 16.2. The average Bonchev–Trinajstić information content (AvgIpc) is 2.45. The van der Waals surface area contributed by atoms with E-state index in [1.54, 1.807) is 6.20 Å². The van der Waals surface area contributed by atoms with Crippen LogP contribution in [0.5, 0.6) is 0 Å². The summed E-state index contributed by atoms with van der Waals surface area (Å²) >= 11 is 0. The van der Waals surface area contributed by atoms with Gasteiger partial charge < -0.3 is 11.1 Å². The maximum atomic E-state index is 12.0. The number of nitrogens with zero attached hydrogens (tertiary/aromatic N) is 1. The maximum Gasteiger partial charge on any atom is 0.241 e. The molecule has 4 heteroatoms. The van der Waals surface area contributed by atoms with E-state index in [9.17, 15) is 4.79 Å². The molecule has 1 amide bonds. The first-order valence-corrected chi connectivity index (χ1v) is 6.62. The number of aromatic nitrogens is 1. The summed E-state index contributed by atoms with van der Waals surface area (Å²) in [5, 5.41) is 3.87. The molecule has 0 aliphatic carbocycles. The van der Waals surface area contributed by atoms with Crippen molar-refractivity contribution >= 4 is 22.5 Å². The largest absolute Gasteiger partial charge is 0.323 e. The fraction of sp³-hybridized carbons (Fsp3) is 0.333. The smallest absolute Gasteiger partial charge is 0.241 e. The van der Waals surface area contributed by atoms with Gasteiger partial charge in [-0.3, -0.25) is 9.78 Å². The standard InChI is InChI=1S/C15H19N3O/c1-2-3-8-12(16)15(19)18-13-9-4-6-11-7-5-10-17-14(11)13/h4-7,9-10,12H,2-3,8,16H2,1H3,(H,18,19)/t12-/m0/s1. The molecule has 4 nitrogen and oxygen atoms in total. The van der Waals surface area contributed by atoms with Gasteiger partial charge in [-0.25, -0.2) is 0 Å². The maximum absolute atomic E-state index is 12.0. The summed E-state index contributed by atoms with van der Waals surface area (Å²) in [7, 11) is 0. The van der Waals surface area contributed by atoms with Crippen LogP contribution in [0.1, 0.15) is 26.2 Å². The summed E-state index contributed by atoms with van der Waals surface area (Å²) in [6, 6.07) is 9.10. The van der Waals surface area contributed by atoms with Crippen molar-refractivity contribution in [2.24, 2.45) is 5.73 Å². The van der Waals surface area contributed by atoms with E-state index < -0.39 is 6.04 Å². The molecule has 1 atom stereocenters. The Morgan fingerprint density at radius 3 is 2.95 bits per heavy atom. The van der Waals surface area contributed by atoms with Gasteiger partial charge in [0.15, 0.2) is 0 Å². The molecule has 3 N–H and O–H groups in total. The van der Waals surface area contributed by atoms with Crippen LogP contribution in [0.2, 0.25) is 0 Å². The predicted octanol–water partition coefficient (Wildman–Crippen LogP) is 2.69. The third-order valence-corrected chi connectivity index (χ3v) is 3.10. The first kappa shape index (κ1) is 13.5. The third kappa shape index (κ3) is 3.29. The number of carbonyl (C=O) groups is 1. The molecule has 0 fully saturated rings. The number of anilines is 1. The molecule has 2 rings (SSSR count). The zero-order valence-electron chi connectivity index (χ0n) is 11.1. The van der Waals surface area contributed by atoms with Crippen LogP contribution in [0, 0.1) is 0 Å². The first-order chi connectivity index (χ1) is 9.22. The number of fused-ring (bicyclic) bond motifs is 1. The molecular formula is C15H19N3O. The quantitative estimate of drug-likeness (QED) is 0.865. The summed E-state index contributed by atoms with van der Waals surface area (Å²) in [6.07, 6.45) is 4.43. The van der Waals surface area contributed by atoms with Gasteiger partial charge in [-0.05, 0) is 18.6 Å². The van der Waals surface area contributed by atoms with Gasteiger partial charge in [0.1, 0.15) is 0 Å². The van der Waals surface area contributed by atoms with Crippen molar-refractivity contribution in [1.29, 1.82) is 0 Å². The highest BCUT2D eigenvalue weighted by Gasteiger charge is 2.14. The highest BCUT2D eigenvalue weighted by molar-refractivity contribution is 6.02. The summed E-state index contributed by atoms with van der Waals surface area (Å²) in [5.41, 5.74) is 7.37. The van der Waals surface area contributed by atoms with Gasteiger partial charge in [0.2, 0.25) is 5.91 Å². The Morgan fingerprint density at radius 1 is 1.37 bits per heavy atom.